The van der Waals surface area contributed by atoms with Crippen molar-refractivity contribution in [1.29, 1.82) is 0 Å². The molecule has 4 nitrogen and oxygen atoms in total. The van der Waals surface area contributed by atoms with Crippen LogP contribution < -0.4 is 0 Å². The Bertz CT molecular complexity index is 476. The van der Waals surface area contributed by atoms with Crippen LogP contribution in [-0.2, 0) is 10.0 Å². The summed E-state index contributed by atoms with van der Waals surface area (Å²) in [5, 5.41) is 0. The first kappa shape index (κ1) is 12.1. The van der Waals surface area contributed by atoms with Gasteiger partial charge in [0.05, 0.1) is 4.90 Å². The maximum absolute atomic E-state index is 11.9. The van der Waals surface area contributed by atoms with Crippen LogP contribution in [-0.4, -0.2) is 32.7 Å². The molecule has 0 aliphatic carbocycles. The molecule has 1 aliphatic rings. The molecule has 0 unspecified atom stereocenters. The Morgan fingerprint density at radius 1 is 1.06 bits per heavy atom. The maximum Gasteiger partial charge on any atom is 0.283 e. The summed E-state index contributed by atoms with van der Waals surface area (Å²) in [6, 6.07) is 8.30. The summed E-state index contributed by atoms with van der Waals surface area (Å²) in [6.07, 6.45) is 4.89. The third kappa shape index (κ3) is 3.30. The van der Waals surface area contributed by atoms with Crippen LogP contribution >= 0.6 is 0 Å². The van der Waals surface area contributed by atoms with Gasteiger partial charge in [-0.05, 0) is 31.4 Å². The van der Waals surface area contributed by atoms with Crippen LogP contribution in [0.2, 0.25) is 0 Å². The standard InChI is InChI=1S/C12H16N2O2S/c15-17(16,12-7-3-1-4-8-12)13-11-14-9-5-2-6-10-14/h1,3-4,7-8,11H,2,5-6,9-10H2. The average molecular weight is 252 g/mol. The molecule has 2 rings (SSSR count). The van der Waals surface area contributed by atoms with Gasteiger partial charge in [0.2, 0.25) is 0 Å². The van der Waals surface area contributed by atoms with Crippen molar-refractivity contribution in [2.75, 3.05) is 13.1 Å². The Hall–Kier alpha value is -1.36. The molecule has 0 amide bonds. The van der Waals surface area contributed by atoms with Gasteiger partial charge in [-0.15, -0.1) is 4.40 Å². The second-order valence-corrected chi connectivity index (χ2v) is 5.74. The summed E-state index contributed by atoms with van der Waals surface area (Å²) in [4.78, 5) is 2.21. The number of hydrogen-bond donors (Lipinski definition) is 0. The van der Waals surface area contributed by atoms with Crippen molar-refractivity contribution in [2.45, 2.75) is 24.2 Å². The summed E-state index contributed by atoms with van der Waals surface area (Å²) >= 11 is 0. The third-order valence-corrected chi connectivity index (χ3v) is 4.02. The lowest BCUT2D eigenvalue weighted by Crippen LogP contribution is -2.28. The van der Waals surface area contributed by atoms with Gasteiger partial charge in [0.25, 0.3) is 10.0 Å². The van der Waals surface area contributed by atoms with Crippen molar-refractivity contribution in [2.24, 2.45) is 4.40 Å². The fourth-order valence-corrected chi connectivity index (χ4v) is 2.70. The Balaban J connectivity index is 2.09. The molecule has 0 radical (unpaired) electrons. The molecule has 1 aromatic carbocycles. The predicted molar refractivity (Wildman–Crippen MR) is 67.5 cm³/mol. The summed E-state index contributed by atoms with van der Waals surface area (Å²) < 4.78 is 27.4. The van der Waals surface area contributed by atoms with Crippen molar-refractivity contribution < 1.29 is 8.42 Å². The highest BCUT2D eigenvalue weighted by Gasteiger charge is 2.12. The molecular formula is C12H16N2O2S. The number of nitrogens with zero attached hydrogens (tertiary/aromatic N) is 2. The first-order chi connectivity index (χ1) is 8.18. The molecular weight excluding hydrogens is 236 g/mol. The van der Waals surface area contributed by atoms with Gasteiger partial charge in [-0.1, -0.05) is 18.2 Å². The van der Waals surface area contributed by atoms with E-state index in [9.17, 15) is 8.42 Å². The average Bonchev–Trinajstić information content (AvgIpc) is 2.39. The number of piperidine rings is 1. The van der Waals surface area contributed by atoms with E-state index in [0.29, 0.717) is 0 Å². The van der Waals surface area contributed by atoms with Crippen LogP contribution in [0.4, 0.5) is 0 Å². The lowest BCUT2D eigenvalue weighted by atomic mass is 10.1. The SMILES string of the molecule is O=S(=O)(N=CN1CCCCC1)c1ccccc1. The number of benzene rings is 1. The van der Waals surface area contributed by atoms with Crippen LogP contribution in [0.3, 0.4) is 0 Å². The fraction of sp³-hybridized carbons (Fsp3) is 0.417. The normalized spacial score (nSPS) is 17.5. The lowest BCUT2D eigenvalue weighted by molar-refractivity contribution is 0.351. The molecule has 1 saturated heterocycles. The van der Waals surface area contributed by atoms with Crippen molar-refractivity contribution in [3.63, 3.8) is 0 Å². The van der Waals surface area contributed by atoms with Gasteiger partial charge in [-0.2, -0.15) is 8.42 Å². The van der Waals surface area contributed by atoms with Crippen molar-refractivity contribution >= 4 is 16.4 Å². The highest BCUT2D eigenvalue weighted by atomic mass is 32.2. The van der Waals surface area contributed by atoms with Crippen molar-refractivity contribution in [1.82, 2.24) is 4.90 Å². The minimum Gasteiger partial charge on any atom is -0.362 e. The second kappa shape index (κ2) is 5.31. The zero-order valence-corrected chi connectivity index (χ0v) is 10.4. The summed E-state index contributed by atoms with van der Waals surface area (Å²) in [5.41, 5.74) is 0. The van der Waals surface area contributed by atoms with Crippen LogP contribution in [0.25, 0.3) is 0 Å². The molecule has 1 aliphatic heterocycles. The smallest absolute Gasteiger partial charge is 0.283 e. The molecule has 17 heavy (non-hydrogen) atoms. The van der Waals surface area contributed by atoms with E-state index in [1.807, 2.05) is 4.90 Å². The van der Waals surface area contributed by atoms with E-state index in [-0.39, 0.29) is 4.90 Å². The number of likely N-dealkylation sites (tertiary alicyclic amines) is 1. The Labute approximate surface area is 102 Å². The van der Waals surface area contributed by atoms with E-state index in [0.717, 1.165) is 25.9 Å². The Morgan fingerprint density at radius 3 is 2.35 bits per heavy atom. The van der Waals surface area contributed by atoms with Crippen molar-refractivity contribution in [3.05, 3.63) is 30.3 Å². The van der Waals surface area contributed by atoms with Crippen LogP contribution in [0, 0.1) is 0 Å². The van der Waals surface area contributed by atoms with Crippen LogP contribution in [0.5, 0.6) is 0 Å². The van der Waals surface area contributed by atoms with Gasteiger partial charge in [0.15, 0.2) is 0 Å². The van der Waals surface area contributed by atoms with E-state index in [4.69, 9.17) is 0 Å². The largest absolute Gasteiger partial charge is 0.362 e. The first-order valence-electron chi connectivity index (χ1n) is 5.78. The van der Waals surface area contributed by atoms with Gasteiger partial charge >= 0.3 is 0 Å². The van der Waals surface area contributed by atoms with E-state index in [1.165, 1.54) is 12.8 Å². The highest BCUT2D eigenvalue weighted by Crippen LogP contribution is 2.12. The van der Waals surface area contributed by atoms with Gasteiger partial charge in [0, 0.05) is 13.1 Å². The molecule has 5 heteroatoms. The molecule has 1 fully saturated rings. The molecule has 0 N–H and O–H groups in total. The minimum atomic E-state index is -3.53. The summed E-state index contributed by atoms with van der Waals surface area (Å²) in [7, 11) is -3.53. The predicted octanol–water partition coefficient (Wildman–Crippen LogP) is 1.89. The molecule has 0 atom stereocenters. The van der Waals surface area contributed by atoms with Gasteiger partial charge in [-0.3, -0.25) is 0 Å². The number of hydrogen-bond acceptors (Lipinski definition) is 2. The van der Waals surface area contributed by atoms with Crippen LogP contribution in [0.15, 0.2) is 39.6 Å². The monoisotopic (exact) mass is 252 g/mol. The van der Waals surface area contributed by atoms with E-state index in [1.54, 1.807) is 30.3 Å². The van der Waals surface area contributed by atoms with Crippen molar-refractivity contribution in [3.8, 4) is 0 Å². The van der Waals surface area contributed by atoms with Gasteiger partial charge < -0.3 is 4.90 Å². The first-order valence-corrected chi connectivity index (χ1v) is 7.22. The third-order valence-electron chi connectivity index (χ3n) is 2.78. The van der Waals surface area contributed by atoms with Crippen LogP contribution in [0.1, 0.15) is 19.3 Å². The fourth-order valence-electron chi connectivity index (χ4n) is 1.82. The molecule has 0 spiro atoms. The molecule has 0 saturated carbocycles. The van der Waals surface area contributed by atoms with E-state index in [2.05, 4.69) is 4.40 Å². The topological polar surface area (TPSA) is 49.7 Å². The minimum absolute atomic E-state index is 0.244. The number of sulfonamides is 1. The zero-order valence-electron chi connectivity index (χ0n) is 9.62. The van der Waals surface area contributed by atoms with Gasteiger partial charge in [-0.25, -0.2) is 0 Å². The number of rotatable bonds is 3. The van der Waals surface area contributed by atoms with E-state index >= 15 is 0 Å². The Morgan fingerprint density at radius 2 is 1.71 bits per heavy atom. The van der Waals surface area contributed by atoms with Gasteiger partial charge in [0.1, 0.15) is 6.34 Å². The molecule has 0 aromatic heterocycles. The zero-order chi connectivity index (χ0) is 12.1. The van der Waals surface area contributed by atoms with E-state index < -0.39 is 10.0 Å². The summed E-state index contributed by atoms with van der Waals surface area (Å²) in [6.45, 7) is 1.79. The molecule has 1 heterocycles. The highest BCUT2D eigenvalue weighted by molar-refractivity contribution is 7.90. The molecule has 0 bridgehead atoms. The molecule has 1 aromatic rings. The maximum atomic E-state index is 11.9. The summed E-state index contributed by atoms with van der Waals surface area (Å²) in [5.74, 6) is 0. The quantitative estimate of drug-likeness (QED) is 0.609. The Kier molecular flexibility index (Phi) is 3.78. The molecule has 92 valence electrons. The lowest BCUT2D eigenvalue weighted by Gasteiger charge is -2.23. The second-order valence-electron chi connectivity index (χ2n) is 4.11.